The standard InChI is InChI=1S/C34H37N3O5/c1-5-21(2)31(32(39)35-29-13-9-12-26-22(3)27(18-28(26)29)34(40)41-4)24-16-14-23(15-17-24)19-37-30(38)20-42-33(36-37)25-10-7-6-8-11-25/h6-17,21-22,27,31H,5,18-20H2,1-4H3,(H,35,39). The molecule has 0 bridgehead atoms. The van der Waals surface area contributed by atoms with Crippen LogP contribution in [0.4, 0.5) is 5.69 Å². The van der Waals surface area contributed by atoms with Crippen molar-refractivity contribution >= 4 is 29.4 Å². The highest BCUT2D eigenvalue weighted by atomic mass is 16.5. The summed E-state index contributed by atoms with van der Waals surface area (Å²) in [5, 5.41) is 9.06. The number of nitrogens with zero attached hydrogens (tertiary/aromatic N) is 2. The molecule has 1 heterocycles. The van der Waals surface area contributed by atoms with Crippen LogP contribution in [0, 0.1) is 11.8 Å². The number of ether oxygens (including phenoxy) is 2. The van der Waals surface area contributed by atoms with Gasteiger partial charge in [0.2, 0.25) is 11.8 Å². The van der Waals surface area contributed by atoms with Gasteiger partial charge in [-0.1, -0.05) is 81.8 Å². The number of esters is 1. The Bertz CT molecular complexity index is 1480. The van der Waals surface area contributed by atoms with Crippen molar-refractivity contribution in [3.8, 4) is 0 Å². The molecular weight excluding hydrogens is 530 g/mol. The third-order valence-corrected chi connectivity index (χ3v) is 8.51. The molecule has 0 saturated heterocycles. The number of carbonyl (C=O) groups excluding carboxylic acids is 3. The predicted octanol–water partition coefficient (Wildman–Crippen LogP) is 5.62. The zero-order valence-electron chi connectivity index (χ0n) is 24.5. The number of nitrogens with one attached hydrogen (secondary N) is 1. The summed E-state index contributed by atoms with van der Waals surface area (Å²) in [5.74, 6) is -0.624. The molecule has 0 aromatic heterocycles. The fourth-order valence-corrected chi connectivity index (χ4v) is 5.86. The van der Waals surface area contributed by atoms with Gasteiger partial charge in [-0.2, -0.15) is 0 Å². The van der Waals surface area contributed by atoms with Crippen LogP contribution in [-0.2, 0) is 36.8 Å². The van der Waals surface area contributed by atoms with Crippen molar-refractivity contribution in [1.29, 1.82) is 0 Å². The largest absolute Gasteiger partial charge is 0.469 e. The lowest BCUT2D eigenvalue weighted by Crippen LogP contribution is -2.36. The molecule has 4 unspecified atom stereocenters. The van der Waals surface area contributed by atoms with E-state index in [4.69, 9.17) is 9.47 Å². The monoisotopic (exact) mass is 567 g/mol. The average molecular weight is 568 g/mol. The molecule has 0 fully saturated rings. The highest BCUT2D eigenvalue weighted by Crippen LogP contribution is 2.42. The van der Waals surface area contributed by atoms with E-state index in [0.29, 0.717) is 18.9 Å². The molecule has 1 aliphatic heterocycles. The summed E-state index contributed by atoms with van der Waals surface area (Å²) < 4.78 is 10.6. The van der Waals surface area contributed by atoms with Crippen molar-refractivity contribution in [3.63, 3.8) is 0 Å². The van der Waals surface area contributed by atoms with Gasteiger partial charge in [-0.05, 0) is 58.7 Å². The summed E-state index contributed by atoms with van der Waals surface area (Å²) >= 11 is 0. The number of hydrazone groups is 1. The Kier molecular flexibility index (Phi) is 8.71. The molecule has 0 saturated carbocycles. The molecule has 8 heteroatoms. The zero-order chi connectivity index (χ0) is 29.8. The summed E-state index contributed by atoms with van der Waals surface area (Å²) in [6.07, 6.45) is 1.37. The smallest absolute Gasteiger partial charge is 0.309 e. The minimum atomic E-state index is -0.372. The van der Waals surface area contributed by atoms with E-state index in [1.54, 1.807) is 0 Å². The molecule has 4 atom stereocenters. The van der Waals surface area contributed by atoms with Crippen LogP contribution in [0.2, 0.25) is 0 Å². The lowest BCUT2D eigenvalue weighted by atomic mass is 9.84. The topological polar surface area (TPSA) is 97.3 Å². The summed E-state index contributed by atoms with van der Waals surface area (Å²) in [4.78, 5) is 38.7. The maximum absolute atomic E-state index is 13.8. The molecule has 8 nitrogen and oxygen atoms in total. The summed E-state index contributed by atoms with van der Waals surface area (Å²) in [5.41, 5.74) is 5.43. The van der Waals surface area contributed by atoms with Gasteiger partial charge in [0.05, 0.1) is 25.5 Å². The van der Waals surface area contributed by atoms with Crippen LogP contribution in [0.25, 0.3) is 0 Å². The lowest BCUT2D eigenvalue weighted by Gasteiger charge is -2.25. The van der Waals surface area contributed by atoms with E-state index in [1.165, 1.54) is 12.1 Å². The number of hydrogen-bond donors (Lipinski definition) is 1. The van der Waals surface area contributed by atoms with Gasteiger partial charge < -0.3 is 14.8 Å². The third kappa shape index (κ3) is 5.93. The number of carbonyl (C=O) groups is 3. The second-order valence-electron chi connectivity index (χ2n) is 11.1. The molecule has 218 valence electrons. The number of anilines is 1. The van der Waals surface area contributed by atoms with Crippen LogP contribution >= 0.6 is 0 Å². The van der Waals surface area contributed by atoms with E-state index >= 15 is 0 Å². The van der Waals surface area contributed by atoms with Gasteiger partial charge in [0.25, 0.3) is 5.91 Å². The van der Waals surface area contributed by atoms with Crippen molar-refractivity contribution < 1.29 is 23.9 Å². The van der Waals surface area contributed by atoms with Crippen LogP contribution in [0.1, 0.15) is 66.8 Å². The van der Waals surface area contributed by atoms with E-state index < -0.39 is 0 Å². The van der Waals surface area contributed by atoms with Gasteiger partial charge in [-0.3, -0.25) is 14.4 Å². The van der Waals surface area contributed by atoms with E-state index in [9.17, 15) is 14.4 Å². The van der Waals surface area contributed by atoms with Crippen molar-refractivity contribution in [3.05, 3.63) is 101 Å². The molecule has 2 amide bonds. The van der Waals surface area contributed by atoms with Gasteiger partial charge in [-0.25, -0.2) is 5.01 Å². The van der Waals surface area contributed by atoms with Crippen molar-refractivity contribution in [2.75, 3.05) is 19.0 Å². The normalized spacial score (nSPS) is 19.3. The average Bonchev–Trinajstić information content (AvgIpc) is 3.36. The fourth-order valence-electron chi connectivity index (χ4n) is 5.86. The number of methoxy groups -OCH3 is 1. The fraction of sp³-hybridized carbons (Fsp3) is 0.353. The Hall–Kier alpha value is -4.46. The van der Waals surface area contributed by atoms with Crippen molar-refractivity contribution in [2.24, 2.45) is 16.9 Å². The maximum Gasteiger partial charge on any atom is 0.309 e. The molecule has 42 heavy (non-hydrogen) atoms. The van der Waals surface area contributed by atoms with Gasteiger partial charge in [0.15, 0.2) is 6.61 Å². The van der Waals surface area contributed by atoms with E-state index in [1.807, 2.05) is 79.7 Å². The molecule has 1 N–H and O–H groups in total. The second kappa shape index (κ2) is 12.6. The van der Waals surface area contributed by atoms with Gasteiger partial charge >= 0.3 is 5.97 Å². The first-order chi connectivity index (χ1) is 20.3. The molecule has 1 aliphatic carbocycles. The predicted molar refractivity (Wildman–Crippen MR) is 161 cm³/mol. The number of benzene rings is 3. The van der Waals surface area contributed by atoms with Gasteiger partial charge in [0.1, 0.15) is 0 Å². The zero-order valence-corrected chi connectivity index (χ0v) is 24.5. The first kappa shape index (κ1) is 29.0. The summed E-state index contributed by atoms with van der Waals surface area (Å²) in [6.45, 7) is 6.42. The Morgan fingerprint density at radius 2 is 1.81 bits per heavy atom. The Labute approximate surface area is 246 Å². The minimum absolute atomic E-state index is 0.0219. The van der Waals surface area contributed by atoms with Gasteiger partial charge in [0, 0.05) is 11.3 Å². The first-order valence-corrected chi connectivity index (χ1v) is 14.5. The number of hydrogen-bond acceptors (Lipinski definition) is 6. The molecule has 0 radical (unpaired) electrons. The Morgan fingerprint density at radius 1 is 1.07 bits per heavy atom. The van der Waals surface area contributed by atoms with Crippen LogP contribution in [-0.4, -0.2) is 42.4 Å². The lowest BCUT2D eigenvalue weighted by molar-refractivity contribution is -0.145. The Morgan fingerprint density at radius 3 is 2.50 bits per heavy atom. The molecule has 5 rings (SSSR count). The minimum Gasteiger partial charge on any atom is -0.469 e. The highest BCUT2D eigenvalue weighted by Gasteiger charge is 2.37. The number of fused-ring (bicyclic) bond motifs is 1. The van der Waals surface area contributed by atoms with Crippen molar-refractivity contribution in [2.45, 2.75) is 52.0 Å². The first-order valence-electron chi connectivity index (χ1n) is 14.5. The van der Waals surface area contributed by atoms with E-state index in [-0.39, 0.29) is 48.1 Å². The number of amides is 2. The number of rotatable bonds is 9. The second-order valence-corrected chi connectivity index (χ2v) is 11.1. The molecule has 3 aromatic rings. The quantitative estimate of drug-likeness (QED) is 0.338. The highest BCUT2D eigenvalue weighted by molar-refractivity contribution is 5.98. The molecule has 2 aliphatic rings. The van der Waals surface area contributed by atoms with E-state index in [2.05, 4.69) is 24.3 Å². The summed E-state index contributed by atoms with van der Waals surface area (Å²) in [7, 11) is 1.41. The van der Waals surface area contributed by atoms with Gasteiger partial charge in [-0.15, -0.1) is 5.10 Å². The van der Waals surface area contributed by atoms with Crippen LogP contribution in [0.5, 0.6) is 0 Å². The SMILES string of the molecule is CCC(C)C(C(=O)Nc1cccc2c1CC(C(=O)OC)C2C)c1ccc(CN2N=C(c3ccccc3)OCC2=O)cc1. The third-order valence-electron chi connectivity index (χ3n) is 8.51. The van der Waals surface area contributed by atoms with Crippen LogP contribution < -0.4 is 5.32 Å². The Balaban J connectivity index is 1.33. The van der Waals surface area contributed by atoms with Crippen LogP contribution in [0.3, 0.4) is 0 Å². The summed E-state index contributed by atoms with van der Waals surface area (Å²) in [6, 6.07) is 23.2. The van der Waals surface area contributed by atoms with Crippen molar-refractivity contribution in [1.82, 2.24) is 5.01 Å². The molecule has 0 spiro atoms. The molecular formula is C34H37N3O5. The molecule has 3 aromatic carbocycles. The van der Waals surface area contributed by atoms with Crippen LogP contribution in [0.15, 0.2) is 77.9 Å². The van der Waals surface area contributed by atoms with E-state index in [0.717, 1.165) is 39.9 Å². The maximum atomic E-state index is 13.8.